The van der Waals surface area contributed by atoms with Gasteiger partial charge >= 0.3 is 0 Å². The Morgan fingerprint density at radius 3 is 2.51 bits per heavy atom. The fraction of sp³-hybridized carbons (Fsp3) is 0.148. The molecule has 0 aliphatic carbocycles. The summed E-state index contributed by atoms with van der Waals surface area (Å²) in [6.45, 7) is 2.07. The van der Waals surface area contributed by atoms with Gasteiger partial charge in [-0.15, -0.1) is 0 Å². The van der Waals surface area contributed by atoms with Gasteiger partial charge in [0.15, 0.2) is 0 Å². The zero-order valence-corrected chi connectivity index (χ0v) is 21.5. The Bertz CT molecular complexity index is 1460. The first-order valence-corrected chi connectivity index (χ1v) is 12.2. The predicted octanol–water partition coefficient (Wildman–Crippen LogP) is 6.10. The maximum atomic E-state index is 13.6. The zero-order valence-electron chi connectivity index (χ0n) is 20.0. The molecule has 4 aromatic rings. The smallest absolute Gasteiger partial charge is 0.255 e. The van der Waals surface area contributed by atoms with Gasteiger partial charge in [-0.2, -0.15) is 10.1 Å². The molecule has 2 N–H and O–H groups in total. The number of fused-ring (bicyclic) bond motifs is 1. The summed E-state index contributed by atoms with van der Waals surface area (Å²) in [6, 6.07) is 19.5. The number of aromatic nitrogens is 3. The average molecular weight is 536 g/mol. The van der Waals surface area contributed by atoms with Crippen molar-refractivity contribution < 1.29 is 14.3 Å². The number of amides is 1. The van der Waals surface area contributed by atoms with E-state index >= 15 is 0 Å². The second kappa shape index (κ2) is 10.5. The maximum Gasteiger partial charge on any atom is 0.255 e. The monoisotopic (exact) mass is 535 g/mol. The lowest BCUT2D eigenvalue weighted by Gasteiger charge is -2.29. The van der Waals surface area contributed by atoms with Crippen LogP contribution in [0.25, 0.3) is 0 Å². The Balaban J connectivity index is 1.43. The first-order valence-electron chi connectivity index (χ1n) is 11.4. The van der Waals surface area contributed by atoms with E-state index in [0.29, 0.717) is 44.5 Å². The molecule has 0 saturated heterocycles. The van der Waals surface area contributed by atoms with Gasteiger partial charge in [0.05, 0.1) is 18.4 Å². The third kappa shape index (κ3) is 4.98. The number of benzene rings is 3. The quantitative estimate of drug-likeness (QED) is 0.297. The maximum absolute atomic E-state index is 13.6. The topological polar surface area (TPSA) is 90.3 Å². The van der Waals surface area contributed by atoms with Gasteiger partial charge in [-0.1, -0.05) is 53.5 Å². The van der Waals surface area contributed by atoms with Crippen LogP contribution in [0.5, 0.6) is 11.5 Å². The van der Waals surface area contributed by atoms with Crippen molar-refractivity contribution in [3.05, 3.63) is 105 Å². The van der Waals surface area contributed by atoms with E-state index < -0.39 is 6.04 Å². The minimum Gasteiger partial charge on any atom is -0.495 e. The summed E-state index contributed by atoms with van der Waals surface area (Å²) >= 11 is 12.5. The predicted molar refractivity (Wildman–Crippen MR) is 143 cm³/mol. The minimum atomic E-state index is -0.513. The molecule has 5 rings (SSSR count). The molecular formula is C27H23Cl2N5O3. The zero-order chi connectivity index (χ0) is 25.9. The van der Waals surface area contributed by atoms with Crippen LogP contribution in [-0.4, -0.2) is 27.8 Å². The van der Waals surface area contributed by atoms with E-state index in [9.17, 15) is 4.79 Å². The molecule has 188 valence electrons. The molecule has 1 aliphatic heterocycles. The molecule has 1 atom stereocenters. The van der Waals surface area contributed by atoms with Crippen molar-refractivity contribution in [2.75, 3.05) is 17.7 Å². The summed E-state index contributed by atoms with van der Waals surface area (Å²) in [5.41, 5.74) is 3.29. The molecule has 0 bridgehead atoms. The largest absolute Gasteiger partial charge is 0.495 e. The van der Waals surface area contributed by atoms with E-state index in [4.69, 9.17) is 32.7 Å². The summed E-state index contributed by atoms with van der Waals surface area (Å²) < 4.78 is 13.0. The summed E-state index contributed by atoms with van der Waals surface area (Å²) in [5, 5.41) is 11.6. The number of allylic oxidation sites excluding steroid dienone is 1. The number of hydrogen-bond donors (Lipinski definition) is 2. The normalized spacial score (nSPS) is 14.5. The highest BCUT2D eigenvalue weighted by molar-refractivity contribution is 6.35. The molecular weight excluding hydrogens is 513 g/mol. The summed E-state index contributed by atoms with van der Waals surface area (Å²) in [4.78, 5) is 17.9. The van der Waals surface area contributed by atoms with E-state index in [1.54, 1.807) is 42.1 Å². The van der Waals surface area contributed by atoms with Gasteiger partial charge in [-0.3, -0.25) is 4.79 Å². The van der Waals surface area contributed by atoms with Crippen molar-refractivity contribution in [1.29, 1.82) is 0 Å². The van der Waals surface area contributed by atoms with E-state index in [2.05, 4.69) is 20.7 Å². The van der Waals surface area contributed by atoms with Crippen molar-refractivity contribution in [2.24, 2.45) is 0 Å². The Morgan fingerprint density at radius 1 is 1.05 bits per heavy atom. The third-order valence-electron chi connectivity index (χ3n) is 6.03. The molecule has 37 heavy (non-hydrogen) atoms. The lowest BCUT2D eigenvalue weighted by atomic mass is 9.95. The van der Waals surface area contributed by atoms with Crippen LogP contribution in [0.2, 0.25) is 10.0 Å². The molecule has 0 radical (unpaired) electrons. The summed E-state index contributed by atoms with van der Waals surface area (Å²) in [7, 11) is 1.56. The number of rotatable bonds is 7. The van der Waals surface area contributed by atoms with Crippen molar-refractivity contribution in [1.82, 2.24) is 14.8 Å². The number of para-hydroxylation sites is 2. The molecule has 1 amide bonds. The number of hydrogen-bond acceptors (Lipinski definition) is 6. The van der Waals surface area contributed by atoms with Gasteiger partial charge in [-0.25, -0.2) is 4.68 Å². The van der Waals surface area contributed by atoms with Crippen molar-refractivity contribution >= 4 is 40.7 Å². The minimum absolute atomic E-state index is 0.226. The summed E-state index contributed by atoms with van der Waals surface area (Å²) in [6.07, 6.45) is 1.45. The number of carbonyl (C=O) groups is 1. The van der Waals surface area contributed by atoms with E-state index in [0.717, 1.165) is 11.1 Å². The number of anilines is 2. The van der Waals surface area contributed by atoms with Gasteiger partial charge in [0, 0.05) is 21.3 Å². The number of methoxy groups -OCH3 is 1. The van der Waals surface area contributed by atoms with E-state index in [1.165, 1.54) is 6.33 Å². The second-order valence-electron chi connectivity index (χ2n) is 8.31. The first-order chi connectivity index (χ1) is 18.0. The van der Waals surface area contributed by atoms with Gasteiger partial charge in [0.25, 0.3) is 5.91 Å². The van der Waals surface area contributed by atoms with Crippen LogP contribution in [0.4, 0.5) is 11.6 Å². The Kier molecular flexibility index (Phi) is 7.03. The van der Waals surface area contributed by atoms with Crippen LogP contribution in [0.1, 0.15) is 24.1 Å². The Labute approximate surface area is 223 Å². The van der Waals surface area contributed by atoms with Gasteiger partial charge in [0.2, 0.25) is 5.95 Å². The Morgan fingerprint density at radius 2 is 1.78 bits per heavy atom. The number of carbonyl (C=O) groups excluding carboxylic acids is 1. The van der Waals surface area contributed by atoms with E-state index in [-0.39, 0.29) is 12.5 Å². The Hall–Kier alpha value is -4.01. The SMILES string of the molecule is COc1ccccc1NC(=O)C1=C(C)Nc2ncnn2C1c1ccc(OCc2c(Cl)cccc2Cl)cc1. The van der Waals surface area contributed by atoms with Crippen molar-refractivity contribution in [3.8, 4) is 11.5 Å². The lowest BCUT2D eigenvalue weighted by molar-refractivity contribution is -0.113. The molecule has 1 aliphatic rings. The number of nitrogens with zero attached hydrogens (tertiary/aromatic N) is 3. The van der Waals surface area contributed by atoms with Crippen molar-refractivity contribution in [2.45, 2.75) is 19.6 Å². The van der Waals surface area contributed by atoms with Crippen LogP contribution >= 0.6 is 23.2 Å². The number of halogens is 2. The number of ether oxygens (including phenoxy) is 2. The molecule has 2 heterocycles. The fourth-order valence-electron chi connectivity index (χ4n) is 4.20. The van der Waals surface area contributed by atoms with Crippen molar-refractivity contribution in [3.63, 3.8) is 0 Å². The first kappa shape index (κ1) is 24.7. The van der Waals surface area contributed by atoms with Crippen LogP contribution in [-0.2, 0) is 11.4 Å². The second-order valence-corrected chi connectivity index (χ2v) is 9.12. The molecule has 8 nitrogen and oxygen atoms in total. The van der Waals surface area contributed by atoms with Gasteiger partial charge < -0.3 is 20.1 Å². The highest BCUT2D eigenvalue weighted by Gasteiger charge is 2.33. The summed E-state index contributed by atoms with van der Waals surface area (Å²) in [5.74, 6) is 1.46. The lowest BCUT2D eigenvalue weighted by Crippen LogP contribution is -2.31. The van der Waals surface area contributed by atoms with Crippen LogP contribution < -0.4 is 20.1 Å². The third-order valence-corrected chi connectivity index (χ3v) is 6.74. The molecule has 0 spiro atoms. The van der Waals surface area contributed by atoms with E-state index in [1.807, 2.05) is 43.3 Å². The highest BCUT2D eigenvalue weighted by Crippen LogP contribution is 2.36. The van der Waals surface area contributed by atoms with Crippen LogP contribution in [0.3, 0.4) is 0 Å². The van der Waals surface area contributed by atoms with Crippen LogP contribution in [0.15, 0.2) is 84.3 Å². The van der Waals surface area contributed by atoms with Gasteiger partial charge in [0.1, 0.15) is 30.5 Å². The standard InChI is InChI=1S/C27H23Cl2N5O3/c1-16-24(26(35)33-22-8-3-4-9-23(22)36-2)25(34-27(32-16)30-15-31-34)17-10-12-18(13-11-17)37-14-19-20(28)6-5-7-21(19)29/h3-13,15,25H,14H2,1-2H3,(H,33,35)(H,30,31,32). The van der Waals surface area contributed by atoms with Gasteiger partial charge in [-0.05, 0) is 48.9 Å². The highest BCUT2D eigenvalue weighted by atomic mass is 35.5. The molecule has 10 heteroatoms. The molecule has 1 aromatic heterocycles. The average Bonchev–Trinajstić information content (AvgIpc) is 3.36. The molecule has 3 aromatic carbocycles. The molecule has 0 fully saturated rings. The van der Waals surface area contributed by atoms with Crippen LogP contribution in [0, 0.1) is 0 Å². The molecule has 0 saturated carbocycles. The molecule has 1 unspecified atom stereocenters. The number of nitrogens with one attached hydrogen (secondary N) is 2. The fourth-order valence-corrected chi connectivity index (χ4v) is 4.71.